The van der Waals surface area contributed by atoms with E-state index in [1.165, 1.54) is 5.56 Å². The van der Waals surface area contributed by atoms with E-state index in [-0.39, 0.29) is 12.5 Å². The first kappa shape index (κ1) is 23.0. The molecule has 0 radical (unpaired) electrons. The molecule has 0 bridgehead atoms. The lowest BCUT2D eigenvalue weighted by atomic mass is 9.88. The highest BCUT2D eigenvalue weighted by atomic mass is 35.5. The third-order valence-electron chi connectivity index (χ3n) is 6.26. The second-order valence-corrected chi connectivity index (χ2v) is 8.94. The second kappa shape index (κ2) is 10.2. The average Bonchev–Trinajstić information content (AvgIpc) is 2.89. The lowest BCUT2D eigenvalue weighted by molar-refractivity contribution is -0.129. The van der Waals surface area contributed by atoms with E-state index in [0.29, 0.717) is 22.5 Å². The number of amides is 1. The van der Waals surface area contributed by atoms with Gasteiger partial charge in [-0.25, -0.2) is 9.97 Å². The van der Waals surface area contributed by atoms with Crippen LogP contribution < -0.4 is 10.1 Å². The van der Waals surface area contributed by atoms with Gasteiger partial charge < -0.3 is 15.0 Å². The molecule has 1 aliphatic heterocycles. The minimum absolute atomic E-state index is 0.144. The Labute approximate surface area is 208 Å². The van der Waals surface area contributed by atoms with Crippen LogP contribution in [0.1, 0.15) is 36.9 Å². The summed E-state index contributed by atoms with van der Waals surface area (Å²) in [5.41, 5.74) is 3.62. The predicted molar refractivity (Wildman–Crippen MR) is 135 cm³/mol. The van der Waals surface area contributed by atoms with Crippen molar-refractivity contribution in [2.45, 2.75) is 32.3 Å². The maximum atomic E-state index is 11.7. The fraction of sp³-hybridized carbons (Fsp3) is 0.269. The van der Waals surface area contributed by atoms with Crippen molar-refractivity contribution < 1.29 is 9.53 Å². The summed E-state index contributed by atoms with van der Waals surface area (Å²) >= 11 is 6.48. The van der Waals surface area contributed by atoms with Gasteiger partial charge in [-0.1, -0.05) is 17.7 Å². The van der Waals surface area contributed by atoms with Crippen LogP contribution in [0, 0.1) is 0 Å². The molecule has 4 aromatic rings. The van der Waals surface area contributed by atoms with Gasteiger partial charge in [0.05, 0.1) is 22.4 Å². The minimum Gasteiger partial charge on any atom is -0.486 e. The number of rotatable bonds is 6. The average molecular weight is 489 g/mol. The highest BCUT2D eigenvalue weighted by Gasteiger charge is 2.22. The number of likely N-dealkylation sites (tertiary alicyclic amines) is 1. The van der Waals surface area contributed by atoms with E-state index >= 15 is 0 Å². The van der Waals surface area contributed by atoms with Crippen LogP contribution in [0.3, 0.4) is 0 Å². The van der Waals surface area contributed by atoms with E-state index in [9.17, 15) is 4.79 Å². The summed E-state index contributed by atoms with van der Waals surface area (Å²) < 4.78 is 5.79. The van der Waals surface area contributed by atoms with E-state index in [2.05, 4.69) is 37.4 Å². The lowest BCUT2D eigenvalue weighted by Gasteiger charge is -2.31. The van der Waals surface area contributed by atoms with Crippen LogP contribution in [0.4, 0.5) is 11.5 Å². The first-order valence-corrected chi connectivity index (χ1v) is 11.9. The summed E-state index contributed by atoms with van der Waals surface area (Å²) in [7, 11) is 0. The Kier molecular flexibility index (Phi) is 6.72. The van der Waals surface area contributed by atoms with Gasteiger partial charge in [0.15, 0.2) is 0 Å². The van der Waals surface area contributed by atoms with Crippen LogP contribution >= 0.6 is 11.6 Å². The van der Waals surface area contributed by atoms with Gasteiger partial charge in [0.2, 0.25) is 5.91 Å². The third-order valence-corrected chi connectivity index (χ3v) is 6.55. The molecule has 9 heteroatoms. The van der Waals surface area contributed by atoms with E-state index < -0.39 is 0 Å². The molecule has 178 valence electrons. The molecule has 8 nitrogen and oxygen atoms in total. The summed E-state index contributed by atoms with van der Waals surface area (Å²) in [4.78, 5) is 30.7. The van der Waals surface area contributed by atoms with Gasteiger partial charge in [-0.3, -0.25) is 14.8 Å². The molecular weight excluding hydrogens is 464 g/mol. The zero-order valence-electron chi connectivity index (χ0n) is 19.3. The molecular formula is C26H25ClN6O2. The maximum Gasteiger partial charge on any atom is 0.219 e. The van der Waals surface area contributed by atoms with Crippen molar-refractivity contribution in [3.05, 3.63) is 77.6 Å². The summed E-state index contributed by atoms with van der Waals surface area (Å²) in [5.74, 6) is 1.82. The number of nitrogens with one attached hydrogen (secondary N) is 1. The van der Waals surface area contributed by atoms with Gasteiger partial charge in [-0.2, -0.15) is 0 Å². The summed E-state index contributed by atoms with van der Waals surface area (Å²) in [6.07, 6.45) is 8.36. The first-order chi connectivity index (χ1) is 17.1. The van der Waals surface area contributed by atoms with Gasteiger partial charge in [0.1, 0.15) is 24.5 Å². The van der Waals surface area contributed by atoms with E-state index in [0.717, 1.165) is 48.2 Å². The molecule has 5 rings (SSSR count). The molecule has 1 aliphatic rings. The highest BCUT2D eigenvalue weighted by Crippen LogP contribution is 2.34. The van der Waals surface area contributed by atoms with Gasteiger partial charge in [-0.05, 0) is 54.7 Å². The Morgan fingerprint density at radius 1 is 1.11 bits per heavy atom. The summed E-state index contributed by atoms with van der Waals surface area (Å²) in [6, 6.07) is 11.8. The Hall–Kier alpha value is -3.78. The monoisotopic (exact) mass is 488 g/mol. The van der Waals surface area contributed by atoms with Crippen molar-refractivity contribution in [3.8, 4) is 5.75 Å². The van der Waals surface area contributed by atoms with Gasteiger partial charge in [0, 0.05) is 43.5 Å². The van der Waals surface area contributed by atoms with Crippen molar-refractivity contribution in [3.63, 3.8) is 0 Å². The molecule has 1 N–H and O–H groups in total. The number of aromatic nitrogens is 4. The Balaban J connectivity index is 1.33. The SMILES string of the molecule is CC(=O)N1CCC(c2ccc3ncnc(Nc4ccc(OCc5cnccn5)c(Cl)c4)c3c2)CC1. The standard InChI is InChI=1S/C26H25ClN6O2/c1-17(34)33-10-6-18(7-11-33)19-2-4-24-22(12-19)26(31-16-30-24)32-20-3-5-25(23(27)13-20)35-15-21-14-28-8-9-29-21/h2-5,8-9,12-14,16,18H,6-7,10-11,15H2,1H3,(H,30,31,32). The molecule has 2 aromatic heterocycles. The van der Waals surface area contributed by atoms with Crippen LogP contribution in [0.15, 0.2) is 61.3 Å². The minimum atomic E-state index is 0.144. The molecule has 3 heterocycles. The van der Waals surface area contributed by atoms with Crippen LogP contribution in [0.25, 0.3) is 10.9 Å². The fourth-order valence-electron chi connectivity index (χ4n) is 4.34. The molecule has 35 heavy (non-hydrogen) atoms. The van der Waals surface area contributed by atoms with Gasteiger partial charge >= 0.3 is 0 Å². The van der Waals surface area contributed by atoms with Crippen LogP contribution in [0.5, 0.6) is 5.75 Å². The zero-order valence-corrected chi connectivity index (χ0v) is 20.1. The van der Waals surface area contributed by atoms with Gasteiger partial charge in [0.25, 0.3) is 0 Å². The fourth-order valence-corrected chi connectivity index (χ4v) is 4.58. The van der Waals surface area contributed by atoms with Crippen molar-refractivity contribution in [1.82, 2.24) is 24.8 Å². The van der Waals surface area contributed by atoms with E-state index in [1.54, 1.807) is 31.8 Å². The number of piperidine rings is 1. The smallest absolute Gasteiger partial charge is 0.219 e. The quantitative estimate of drug-likeness (QED) is 0.402. The van der Waals surface area contributed by atoms with Crippen molar-refractivity contribution in [1.29, 1.82) is 0 Å². The molecule has 1 amide bonds. The molecule has 0 aliphatic carbocycles. The molecule has 1 fully saturated rings. The molecule has 2 aromatic carbocycles. The Morgan fingerprint density at radius 2 is 1.97 bits per heavy atom. The van der Waals surface area contributed by atoms with Crippen molar-refractivity contribution in [2.24, 2.45) is 0 Å². The topological polar surface area (TPSA) is 93.1 Å². The highest BCUT2D eigenvalue weighted by molar-refractivity contribution is 6.32. The third kappa shape index (κ3) is 5.33. The van der Waals surface area contributed by atoms with Crippen LogP contribution in [0.2, 0.25) is 5.02 Å². The number of ether oxygens (including phenoxy) is 1. The number of hydrogen-bond acceptors (Lipinski definition) is 7. The second-order valence-electron chi connectivity index (χ2n) is 8.53. The number of anilines is 2. The van der Waals surface area contributed by atoms with Crippen LogP contribution in [-0.4, -0.2) is 43.8 Å². The normalized spacial score (nSPS) is 14.2. The van der Waals surface area contributed by atoms with E-state index in [1.807, 2.05) is 29.2 Å². The number of carbonyl (C=O) groups excluding carboxylic acids is 1. The lowest BCUT2D eigenvalue weighted by Crippen LogP contribution is -2.36. The number of carbonyl (C=O) groups is 1. The summed E-state index contributed by atoms with van der Waals surface area (Å²) in [5, 5.41) is 4.80. The Bertz CT molecular complexity index is 1340. The maximum absolute atomic E-state index is 11.7. The van der Waals surface area contributed by atoms with Crippen LogP contribution in [-0.2, 0) is 11.4 Å². The number of hydrogen-bond donors (Lipinski definition) is 1. The largest absolute Gasteiger partial charge is 0.486 e. The first-order valence-electron chi connectivity index (χ1n) is 11.5. The number of nitrogens with zero attached hydrogens (tertiary/aromatic N) is 5. The predicted octanol–water partition coefficient (Wildman–Crippen LogP) is 5.12. The Morgan fingerprint density at radius 3 is 2.71 bits per heavy atom. The van der Waals surface area contributed by atoms with Gasteiger partial charge in [-0.15, -0.1) is 0 Å². The summed E-state index contributed by atoms with van der Waals surface area (Å²) in [6.45, 7) is 3.50. The number of fused-ring (bicyclic) bond motifs is 1. The van der Waals surface area contributed by atoms with Crippen molar-refractivity contribution in [2.75, 3.05) is 18.4 Å². The molecule has 0 unspecified atom stereocenters. The van der Waals surface area contributed by atoms with Crippen molar-refractivity contribution >= 4 is 39.9 Å². The number of benzene rings is 2. The zero-order chi connectivity index (χ0) is 24.2. The molecule has 0 saturated carbocycles. The number of halogens is 1. The van der Waals surface area contributed by atoms with E-state index in [4.69, 9.17) is 16.3 Å². The molecule has 0 spiro atoms. The molecule has 0 atom stereocenters. The molecule has 1 saturated heterocycles.